The van der Waals surface area contributed by atoms with Gasteiger partial charge in [0, 0.05) is 29.3 Å². The minimum atomic E-state index is -0.623. The molecule has 4 nitrogen and oxygen atoms in total. The Hall–Kier alpha value is -3.66. The van der Waals surface area contributed by atoms with Crippen molar-refractivity contribution in [2.75, 3.05) is 4.90 Å². The van der Waals surface area contributed by atoms with Crippen molar-refractivity contribution < 1.29 is 9.59 Å². The maximum Gasteiger partial charge on any atom is 0.224 e. The summed E-state index contributed by atoms with van der Waals surface area (Å²) < 4.78 is 0. The second kappa shape index (κ2) is 7.55. The van der Waals surface area contributed by atoms with Gasteiger partial charge in [0.15, 0.2) is 5.78 Å². The van der Waals surface area contributed by atoms with E-state index in [4.69, 9.17) is 5.73 Å². The average molecular weight is 411 g/mol. The van der Waals surface area contributed by atoms with E-state index in [1.807, 2.05) is 87.5 Å². The van der Waals surface area contributed by atoms with Crippen molar-refractivity contribution in [3.8, 4) is 11.1 Å². The van der Waals surface area contributed by atoms with Crippen LogP contribution in [-0.2, 0) is 4.79 Å². The van der Waals surface area contributed by atoms with Gasteiger partial charge in [0.1, 0.15) is 0 Å². The number of fused-ring (bicyclic) bond motifs is 1. The number of allylic oxidation sites excluding steroid dienone is 1. The molecule has 1 aliphatic heterocycles. The lowest BCUT2D eigenvalue weighted by Gasteiger charge is -2.44. The highest BCUT2D eigenvalue weighted by Crippen LogP contribution is 2.42. The molecule has 0 fully saturated rings. The molecule has 0 aliphatic carbocycles. The van der Waals surface area contributed by atoms with E-state index < -0.39 is 5.54 Å². The minimum Gasteiger partial charge on any atom is -0.400 e. The molecule has 2 N–H and O–H groups in total. The zero-order valence-corrected chi connectivity index (χ0v) is 18.3. The van der Waals surface area contributed by atoms with Crippen LogP contribution in [-0.4, -0.2) is 17.2 Å². The maximum absolute atomic E-state index is 13.2. The van der Waals surface area contributed by atoms with Crippen molar-refractivity contribution in [1.29, 1.82) is 0 Å². The van der Waals surface area contributed by atoms with Crippen molar-refractivity contribution in [3.63, 3.8) is 0 Å². The van der Waals surface area contributed by atoms with Crippen LogP contribution >= 0.6 is 0 Å². The van der Waals surface area contributed by atoms with Gasteiger partial charge in [-0.05, 0) is 55.7 Å². The van der Waals surface area contributed by atoms with E-state index in [-0.39, 0.29) is 11.7 Å². The largest absolute Gasteiger partial charge is 0.400 e. The molecule has 31 heavy (non-hydrogen) atoms. The van der Waals surface area contributed by atoms with Crippen LogP contribution in [0, 0.1) is 0 Å². The number of nitrogens with two attached hydrogens (primary N) is 1. The highest BCUT2D eigenvalue weighted by atomic mass is 16.2. The van der Waals surface area contributed by atoms with Gasteiger partial charge in [0.05, 0.1) is 11.2 Å². The lowest BCUT2D eigenvalue weighted by atomic mass is 9.84. The van der Waals surface area contributed by atoms with Crippen LogP contribution in [0.25, 0.3) is 16.7 Å². The number of hydrogen-bond donors (Lipinski definition) is 1. The van der Waals surface area contributed by atoms with E-state index in [0.717, 1.165) is 28.0 Å². The molecule has 0 aromatic heterocycles. The van der Waals surface area contributed by atoms with Crippen molar-refractivity contribution in [3.05, 3.63) is 95.2 Å². The molecular weight excluding hydrogens is 384 g/mol. The first-order chi connectivity index (χ1) is 14.7. The fourth-order valence-electron chi connectivity index (χ4n) is 4.37. The minimum absolute atomic E-state index is 0.0620. The predicted molar refractivity (Wildman–Crippen MR) is 126 cm³/mol. The van der Waals surface area contributed by atoms with Crippen LogP contribution < -0.4 is 10.6 Å². The van der Waals surface area contributed by atoms with E-state index >= 15 is 0 Å². The quantitative estimate of drug-likeness (QED) is 0.587. The second-order valence-electron chi connectivity index (χ2n) is 8.46. The Bertz CT molecular complexity index is 1210. The molecule has 0 bridgehead atoms. The number of anilines is 1. The smallest absolute Gasteiger partial charge is 0.224 e. The molecule has 0 spiro atoms. The van der Waals surface area contributed by atoms with Crippen LogP contribution in [0.2, 0.25) is 0 Å². The normalized spacial score (nSPS) is 14.9. The van der Waals surface area contributed by atoms with Gasteiger partial charge in [0.2, 0.25) is 5.91 Å². The highest BCUT2D eigenvalue weighted by molar-refractivity contribution is 6.10. The van der Waals surface area contributed by atoms with Gasteiger partial charge in [0.25, 0.3) is 0 Å². The van der Waals surface area contributed by atoms with E-state index in [1.54, 1.807) is 11.0 Å². The summed E-state index contributed by atoms with van der Waals surface area (Å²) in [4.78, 5) is 27.3. The molecule has 0 saturated heterocycles. The number of carbonyl (C=O) groups is 2. The highest BCUT2D eigenvalue weighted by Gasteiger charge is 2.39. The summed E-state index contributed by atoms with van der Waals surface area (Å²) in [5.41, 5.74) is 12.3. The zero-order valence-electron chi connectivity index (χ0n) is 18.3. The molecule has 1 heterocycles. The fraction of sp³-hybridized carbons (Fsp3) is 0.185. The first-order valence-electron chi connectivity index (χ1n) is 10.3. The molecule has 4 rings (SSSR count). The first-order valence-corrected chi connectivity index (χ1v) is 10.3. The van der Waals surface area contributed by atoms with Gasteiger partial charge in [-0.2, -0.15) is 0 Å². The van der Waals surface area contributed by atoms with Gasteiger partial charge < -0.3 is 10.6 Å². The number of nitrogens with zero attached hydrogens (tertiary/aromatic N) is 1. The Balaban J connectivity index is 1.72. The number of ketones is 1. The molecule has 0 radical (unpaired) electrons. The second-order valence-corrected chi connectivity index (χ2v) is 8.46. The van der Waals surface area contributed by atoms with Gasteiger partial charge in [-0.3, -0.25) is 9.59 Å². The molecule has 0 saturated carbocycles. The van der Waals surface area contributed by atoms with Crippen molar-refractivity contribution >= 4 is 23.0 Å². The molecule has 1 amide bonds. The predicted octanol–water partition coefficient (Wildman–Crippen LogP) is 5.42. The van der Waals surface area contributed by atoms with Crippen LogP contribution in [0.1, 0.15) is 49.2 Å². The molecular formula is C27H26N2O2. The third-order valence-corrected chi connectivity index (χ3v) is 6.09. The molecule has 156 valence electrons. The Morgan fingerprint density at radius 3 is 2.03 bits per heavy atom. The summed E-state index contributed by atoms with van der Waals surface area (Å²) in [5.74, 6) is -0.148. The summed E-state index contributed by atoms with van der Waals surface area (Å²) in [5, 5.41) is 0. The van der Waals surface area contributed by atoms with Crippen molar-refractivity contribution in [1.82, 2.24) is 0 Å². The monoisotopic (exact) mass is 410 g/mol. The number of carbonyl (C=O) groups excluding carboxylic acids is 2. The van der Waals surface area contributed by atoms with Gasteiger partial charge in [-0.15, -0.1) is 0 Å². The van der Waals surface area contributed by atoms with Crippen LogP contribution in [0.3, 0.4) is 0 Å². The molecule has 4 heteroatoms. The van der Waals surface area contributed by atoms with Gasteiger partial charge in [-0.25, -0.2) is 0 Å². The van der Waals surface area contributed by atoms with Gasteiger partial charge >= 0.3 is 0 Å². The first kappa shape index (κ1) is 20.6. The molecule has 3 aromatic rings. The Labute approximate surface area is 183 Å². The lowest BCUT2D eigenvalue weighted by Crippen LogP contribution is -2.53. The summed E-state index contributed by atoms with van der Waals surface area (Å²) in [6, 6.07) is 23.2. The summed E-state index contributed by atoms with van der Waals surface area (Å²) >= 11 is 0. The third kappa shape index (κ3) is 3.44. The fourth-order valence-corrected chi connectivity index (χ4v) is 4.37. The Kier molecular flexibility index (Phi) is 5.02. The average Bonchev–Trinajstić information content (AvgIpc) is 2.77. The van der Waals surface area contributed by atoms with E-state index in [0.29, 0.717) is 16.8 Å². The van der Waals surface area contributed by atoms with Crippen LogP contribution in [0.5, 0.6) is 0 Å². The molecule has 3 aromatic carbocycles. The Morgan fingerprint density at radius 2 is 1.42 bits per heavy atom. The standard InChI is InChI=1S/C27H26N2O2/c1-17-23-16-22(14-15-24(23)29(18(2)30)27(3,4)26(17)28)25(31)21-12-10-20(11-13-21)19-8-6-5-7-9-19/h5-16H,28H2,1-4H3. The maximum atomic E-state index is 13.2. The number of amides is 1. The molecule has 1 aliphatic rings. The number of hydrogen-bond acceptors (Lipinski definition) is 3. The third-order valence-electron chi connectivity index (χ3n) is 6.09. The zero-order chi connectivity index (χ0) is 22.3. The number of rotatable bonds is 3. The molecule has 0 atom stereocenters. The summed E-state index contributed by atoms with van der Waals surface area (Å²) in [6.07, 6.45) is 0. The molecule has 0 unspecified atom stereocenters. The summed E-state index contributed by atoms with van der Waals surface area (Å²) in [6.45, 7) is 7.34. The SMILES string of the molecule is CC(=O)N1c2ccc(C(=O)c3ccc(-c4ccccc4)cc3)cc2C(C)=C(N)C1(C)C. The van der Waals surface area contributed by atoms with E-state index in [2.05, 4.69) is 0 Å². The van der Waals surface area contributed by atoms with Gasteiger partial charge in [-0.1, -0.05) is 54.6 Å². The van der Waals surface area contributed by atoms with E-state index in [9.17, 15) is 9.59 Å². The number of benzene rings is 3. The lowest BCUT2D eigenvalue weighted by molar-refractivity contribution is -0.117. The van der Waals surface area contributed by atoms with Crippen molar-refractivity contribution in [2.24, 2.45) is 5.73 Å². The van der Waals surface area contributed by atoms with Crippen LogP contribution in [0.4, 0.5) is 5.69 Å². The van der Waals surface area contributed by atoms with Crippen molar-refractivity contribution in [2.45, 2.75) is 33.2 Å². The van der Waals surface area contributed by atoms with E-state index in [1.165, 1.54) is 6.92 Å². The Morgan fingerprint density at radius 1 is 0.839 bits per heavy atom. The topological polar surface area (TPSA) is 63.4 Å². The van der Waals surface area contributed by atoms with Crippen LogP contribution in [0.15, 0.2) is 78.5 Å². The summed E-state index contributed by atoms with van der Waals surface area (Å²) in [7, 11) is 0.